The fourth-order valence-electron chi connectivity index (χ4n) is 2.39. The predicted octanol–water partition coefficient (Wildman–Crippen LogP) is 1.46. The van der Waals surface area contributed by atoms with Crippen molar-refractivity contribution < 1.29 is 0 Å². The number of thiophene rings is 1. The highest BCUT2D eigenvalue weighted by Crippen LogP contribution is 2.18. The van der Waals surface area contributed by atoms with E-state index in [-0.39, 0.29) is 0 Å². The monoisotopic (exact) mass is 289 g/mol. The second-order valence-corrected chi connectivity index (χ2v) is 5.95. The Morgan fingerprint density at radius 3 is 2.75 bits per heavy atom. The van der Waals surface area contributed by atoms with Crippen LogP contribution in [0.1, 0.15) is 11.3 Å². The first kappa shape index (κ1) is 13.3. The van der Waals surface area contributed by atoms with E-state index in [1.165, 1.54) is 5.56 Å². The summed E-state index contributed by atoms with van der Waals surface area (Å²) in [6.45, 7) is 4.10. The molecule has 1 fully saturated rings. The van der Waals surface area contributed by atoms with E-state index in [1.807, 2.05) is 0 Å². The van der Waals surface area contributed by atoms with Crippen molar-refractivity contribution >= 4 is 23.1 Å². The third kappa shape index (κ3) is 3.08. The van der Waals surface area contributed by atoms with Crippen LogP contribution in [0.15, 0.2) is 22.9 Å². The molecule has 2 aromatic rings. The molecule has 0 saturated carbocycles. The standard InChI is InChI=1S/C14H19N5S/c1-18-3-5-19(6-4-18)13-9-12(16-14(15)17-13)8-11-2-7-20-10-11/h2,7,9-10H,3-6,8H2,1H3,(H2,15,16,17). The van der Waals surface area contributed by atoms with Crippen molar-refractivity contribution in [2.75, 3.05) is 43.9 Å². The molecular weight excluding hydrogens is 270 g/mol. The van der Waals surface area contributed by atoms with Gasteiger partial charge in [0.2, 0.25) is 5.95 Å². The van der Waals surface area contributed by atoms with Gasteiger partial charge >= 0.3 is 0 Å². The molecule has 5 nitrogen and oxygen atoms in total. The van der Waals surface area contributed by atoms with E-state index in [2.05, 4.69) is 49.7 Å². The maximum Gasteiger partial charge on any atom is 0.222 e. The summed E-state index contributed by atoms with van der Waals surface area (Å²) >= 11 is 1.70. The summed E-state index contributed by atoms with van der Waals surface area (Å²) in [7, 11) is 2.15. The number of nitrogen functional groups attached to an aromatic ring is 1. The summed E-state index contributed by atoms with van der Waals surface area (Å²) in [5.74, 6) is 1.32. The molecule has 106 valence electrons. The van der Waals surface area contributed by atoms with Gasteiger partial charge in [-0.3, -0.25) is 0 Å². The fourth-order valence-corrected chi connectivity index (χ4v) is 3.06. The summed E-state index contributed by atoms with van der Waals surface area (Å²) in [6, 6.07) is 4.19. The zero-order valence-electron chi connectivity index (χ0n) is 11.6. The highest BCUT2D eigenvalue weighted by atomic mass is 32.1. The van der Waals surface area contributed by atoms with E-state index in [0.29, 0.717) is 5.95 Å². The molecule has 6 heteroatoms. The van der Waals surface area contributed by atoms with Gasteiger partial charge in [0.25, 0.3) is 0 Å². The Morgan fingerprint density at radius 2 is 2.05 bits per heavy atom. The Labute approximate surface area is 123 Å². The lowest BCUT2D eigenvalue weighted by Gasteiger charge is -2.33. The predicted molar refractivity (Wildman–Crippen MR) is 83.3 cm³/mol. The fraction of sp³-hybridized carbons (Fsp3) is 0.429. The minimum atomic E-state index is 0.367. The van der Waals surface area contributed by atoms with Crippen molar-refractivity contribution in [3.05, 3.63) is 34.2 Å². The molecular formula is C14H19N5S. The van der Waals surface area contributed by atoms with Gasteiger partial charge in [-0.25, -0.2) is 4.98 Å². The molecule has 0 aromatic carbocycles. The first-order chi connectivity index (χ1) is 9.70. The third-order valence-electron chi connectivity index (χ3n) is 3.58. The lowest BCUT2D eigenvalue weighted by molar-refractivity contribution is 0.312. The molecule has 0 amide bonds. The van der Waals surface area contributed by atoms with Crippen molar-refractivity contribution in [1.82, 2.24) is 14.9 Å². The number of nitrogens with zero attached hydrogens (tertiary/aromatic N) is 4. The van der Waals surface area contributed by atoms with Crippen molar-refractivity contribution in [3.8, 4) is 0 Å². The van der Waals surface area contributed by atoms with Gasteiger partial charge < -0.3 is 15.5 Å². The Kier molecular flexibility index (Phi) is 3.84. The van der Waals surface area contributed by atoms with Crippen LogP contribution < -0.4 is 10.6 Å². The van der Waals surface area contributed by atoms with Gasteiger partial charge in [0.05, 0.1) is 5.69 Å². The van der Waals surface area contributed by atoms with Gasteiger partial charge in [-0.05, 0) is 29.4 Å². The topological polar surface area (TPSA) is 58.3 Å². The first-order valence-electron chi connectivity index (χ1n) is 6.79. The number of piperazine rings is 1. The summed E-state index contributed by atoms with van der Waals surface area (Å²) in [6.07, 6.45) is 0.816. The number of rotatable bonds is 3. The van der Waals surface area contributed by atoms with Crippen LogP contribution >= 0.6 is 11.3 Å². The largest absolute Gasteiger partial charge is 0.368 e. The Balaban J connectivity index is 1.79. The quantitative estimate of drug-likeness (QED) is 0.927. The second-order valence-electron chi connectivity index (χ2n) is 5.17. The molecule has 20 heavy (non-hydrogen) atoms. The van der Waals surface area contributed by atoms with Crippen LogP contribution in [0.25, 0.3) is 0 Å². The van der Waals surface area contributed by atoms with Gasteiger partial charge in [-0.1, -0.05) is 0 Å². The van der Waals surface area contributed by atoms with Gasteiger partial charge in [0, 0.05) is 38.7 Å². The van der Waals surface area contributed by atoms with E-state index >= 15 is 0 Å². The molecule has 1 saturated heterocycles. The molecule has 0 bridgehead atoms. The molecule has 0 spiro atoms. The van der Waals surface area contributed by atoms with E-state index in [1.54, 1.807) is 11.3 Å². The van der Waals surface area contributed by atoms with Crippen molar-refractivity contribution in [2.24, 2.45) is 0 Å². The second kappa shape index (κ2) is 5.76. The summed E-state index contributed by atoms with van der Waals surface area (Å²) in [5.41, 5.74) is 8.13. The molecule has 1 aliphatic heterocycles. The summed E-state index contributed by atoms with van der Waals surface area (Å²) in [4.78, 5) is 13.4. The number of hydrogen-bond donors (Lipinski definition) is 1. The zero-order valence-corrected chi connectivity index (χ0v) is 12.4. The molecule has 2 N–H and O–H groups in total. The Hall–Kier alpha value is -1.66. The first-order valence-corrected chi connectivity index (χ1v) is 7.73. The normalized spacial score (nSPS) is 16.6. The Morgan fingerprint density at radius 1 is 1.25 bits per heavy atom. The Bertz CT molecular complexity index is 561. The van der Waals surface area contributed by atoms with Crippen molar-refractivity contribution in [3.63, 3.8) is 0 Å². The van der Waals surface area contributed by atoms with Gasteiger partial charge in [0.15, 0.2) is 0 Å². The number of hydrogen-bond acceptors (Lipinski definition) is 6. The number of nitrogens with two attached hydrogens (primary N) is 1. The van der Waals surface area contributed by atoms with Crippen molar-refractivity contribution in [2.45, 2.75) is 6.42 Å². The van der Waals surface area contributed by atoms with Crippen molar-refractivity contribution in [1.29, 1.82) is 0 Å². The minimum Gasteiger partial charge on any atom is -0.368 e. The molecule has 3 rings (SSSR count). The zero-order chi connectivity index (χ0) is 13.9. The highest BCUT2D eigenvalue weighted by molar-refractivity contribution is 7.07. The van der Waals surface area contributed by atoms with E-state index in [4.69, 9.17) is 5.73 Å². The maximum absolute atomic E-state index is 5.87. The molecule has 2 aromatic heterocycles. The average Bonchev–Trinajstić information content (AvgIpc) is 2.91. The van der Waals surface area contributed by atoms with Gasteiger partial charge in [-0.2, -0.15) is 16.3 Å². The lowest BCUT2D eigenvalue weighted by Crippen LogP contribution is -2.44. The molecule has 0 atom stereocenters. The van der Waals surface area contributed by atoms with E-state index < -0.39 is 0 Å². The third-order valence-corrected chi connectivity index (χ3v) is 4.31. The summed E-state index contributed by atoms with van der Waals surface area (Å²) < 4.78 is 0. The van der Waals surface area contributed by atoms with Crippen LogP contribution in [0.3, 0.4) is 0 Å². The molecule has 3 heterocycles. The highest BCUT2D eigenvalue weighted by Gasteiger charge is 2.16. The number of aromatic nitrogens is 2. The molecule has 1 aliphatic rings. The van der Waals surface area contributed by atoms with E-state index in [0.717, 1.165) is 44.1 Å². The molecule has 0 radical (unpaired) electrons. The van der Waals surface area contributed by atoms with Crippen LogP contribution in [0.2, 0.25) is 0 Å². The molecule has 0 aliphatic carbocycles. The van der Waals surface area contributed by atoms with Crippen LogP contribution in [-0.4, -0.2) is 48.1 Å². The SMILES string of the molecule is CN1CCN(c2cc(Cc3ccsc3)nc(N)n2)CC1. The number of anilines is 2. The smallest absolute Gasteiger partial charge is 0.222 e. The average molecular weight is 289 g/mol. The molecule has 0 unspecified atom stereocenters. The van der Waals surface area contributed by atoms with Gasteiger partial charge in [0.1, 0.15) is 5.82 Å². The number of likely N-dealkylation sites (N-methyl/N-ethyl adjacent to an activating group) is 1. The lowest BCUT2D eigenvalue weighted by atomic mass is 10.2. The van der Waals surface area contributed by atoms with Crippen LogP contribution in [0.5, 0.6) is 0 Å². The minimum absolute atomic E-state index is 0.367. The van der Waals surface area contributed by atoms with Crippen LogP contribution in [0, 0.1) is 0 Å². The maximum atomic E-state index is 5.87. The van der Waals surface area contributed by atoms with Crippen LogP contribution in [-0.2, 0) is 6.42 Å². The van der Waals surface area contributed by atoms with E-state index in [9.17, 15) is 0 Å². The summed E-state index contributed by atoms with van der Waals surface area (Å²) in [5, 5.41) is 4.23. The van der Waals surface area contributed by atoms with Crippen LogP contribution in [0.4, 0.5) is 11.8 Å². The van der Waals surface area contributed by atoms with Gasteiger partial charge in [-0.15, -0.1) is 0 Å².